The van der Waals surface area contributed by atoms with Crippen LogP contribution < -0.4 is 0 Å². The summed E-state index contributed by atoms with van der Waals surface area (Å²) in [6, 6.07) is 173. The zero-order valence-corrected chi connectivity index (χ0v) is 73.4. The van der Waals surface area contributed by atoms with Crippen molar-refractivity contribution in [1.29, 1.82) is 0 Å². The van der Waals surface area contributed by atoms with Crippen molar-refractivity contribution in [2.24, 2.45) is 0 Å². The molecule has 5 aromatic heterocycles. The van der Waals surface area contributed by atoms with E-state index in [4.69, 9.17) is 0 Å². The highest BCUT2D eigenvalue weighted by atomic mass is 15.0. The normalized spacial score (nSPS) is 11.3. The Hall–Kier alpha value is -16.6. The lowest BCUT2D eigenvalue weighted by atomic mass is 10.0. The molecule has 0 aliphatic rings. The van der Waals surface area contributed by atoms with E-state index in [0.29, 0.717) is 0 Å². The van der Waals surface area contributed by atoms with E-state index in [1.807, 2.05) is 0 Å². The average Bonchev–Trinajstić information content (AvgIpc) is 1.61. The molecule has 0 amide bonds. The molecule has 5 heteroatoms. The van der Waals surface area contributed by atoms with Gasteiger partial charge in [0.1, 0.15) is 0 Å². The van der Waals surface area contributed by atoms with Crippen LogP contribution in [0.25, 0.3) is 193 Å². The molecule has 130 heavy (non-hydrogen) atoms. The Morgan fingerprint density at radius 1 is 0.138 bits per heavy atom. The van der Waals surface area contributed by atoms with Gasteiger partial charge in [0.15, 0.2) is 0 Å². The summed E-state index contributed by atoms with van der Waals surface area (Å²) in [4.78, 5) is 0. The van der Waals surface area contributed by atoms with E-state index < -0.39 is 0 Å². The van der Waals surface area contributed by atoms with Gasteiger partial charge in [-0.3, -0.25) is 0 Å². The molecule has 0 bridgehead atoms. The van der Waals surface area contributed by atoms with Crippen molar-refractivity contribution in [2.75, 3.05) is 0 Å². The number of aromatic nitrogens is 5. The minimum absolute atomic E-state index is 1.19. The highest BCUT2D eigenvalue weighted by Crippen LogP contribution is 2.44. The maximum absolute atomic E-state index is 2.39. The van der Waals surface area contributed by atoms with E-state index >= 15 is 0 Å². The molecule has 0 saturated carbocycles. The van der Waals surface area contributed by atoms with Crippen molar-refractivity contribution in [3.8, 4) is 84.1 Å². The molecule has 0 radical (unpaired) electrons. The lowest BCUT2D eigenvalue weighted by molar-refractivity contribution is 1.17. The van der Waals surface area contributed by atoms with Gasteiger partial charge in [-0.15, -0.1) is 0 Å². The van der Waals surface area contributed by atoms with E-state index in [9.17, 15) is 0 Å². The maximum atomic E-state index is 2.39. The van der Waals surface area contributed by atoms with Crippen molar-refractivity contribution < 1.29 is 0 Å². The zero-order valence-electron chi connectivity index (χ0n) is 73.4. The first-order valence-electron chi connectivity index (χ1n) is 44.9. The predicted octanol–water partition coefficient (Wildman–Crippen LogP) is 33.8. The second-order valence-corrected chi connectivity index (χ2v) is 33.8. The largest absolute Gasteiger partial charge is 0.309 e. The van der Waals surface area contributed by atoms with Crippen LogP contribution in [0.2, 0.25) is 0 Å². The minimum Gasteiger partial charge on any atom is -0.309 e. The molecule has 0 saturated heterocycles. The third-order valence-corrected chi connectivity index (χ3v) is 25.4. The fraction of sp³-hybridized carbons (Fsp3) is 0.0400. The number of aryl methyl sites for hydroxylation is 5. The van der Waals surface area contributed by atoms with E-state index in [1.54, 1.807) is 0 Å². The quantitative estimate of drug-likeness (QED) is 0.130. The SMILES string of the molecule is Cc1ccc(-c2cccc3c4ccccc4n(-c4ccccc4)c23)cc1.Cc1ccc2c(c1)c1cc(-c3ccccc3)ccc1n2-c1ccccc1.Cc1ccc2c3cc(-c4ccccc4)ccc3n(-c3ccccc3)c2c1.Cc1cccc2c1c1cc(-c3ccccc3)ccc1n2-c1ccccc1.Cc1cccc2c3cc(-c4ccccc4)ccc3n(-c3ccccc3)c12. The summed E-state index contributed by atoms with van der Waals surface area (Å²) in [6.45, 7) is 10.8. The Bertz CT molecular complexity index is 8270. The van der Waals surface area contributed by atoms with E-state index in [2.05, 4.69) is 543 Å². The Morgan fingerprint density at radius 3 is 0.908 bits per heavy atom. The second kappa shape index (κ2) is 35.4. The molecule has 0 atom stereocenters. The number of para-hydroxylation sites is 8. The Kier molecular flexibility index (Phi) is 21.9. The number of rotatable bonds is 10. The number of hydrogen-bond donors (Lipinski definition) is 0. The van der Waals surface area contributed by atoms with Crippen LogP contribution >= 0.6 is 0 Å². The zero-order chi connectivity index (χ0) is 87.5. The highest BCUT2D eigenvalue weighted by molar-refractivity contribution is 6.17. The summed E-state index contributed by atoms with van der Waals surface area (Å²) in [5.74, 6) is 0. The Labute approximate surface area is 758 Å². The summed E-state index contributed by atoms with van der Waals surface area (Å²) in [7, 11) is 0. The molecule has 0 N–H and O–H groups in total. The van der Waals surface area contributed by atoms with Crippen molar-refractivity contribution in [3.63, 3.8) is 0 Å². The van der Waals surface area contributed by atoms with Gasteiger partial charge in [0.2, 0.25) is 0 Å². The van der Waals surface area contributed by atoms with Crippen molar-refractivity contribution >= 4 is 109 Å². The van der Waals surface area contributed by atoms with E-state index in [-0.39, 0.29) is 0 Å². The maximum Gasteiger partial charge on any atom is 0.0619 e. The van der Waals surface area contributed by atoms with E-state index in [0.717, 1.165) is 0 Å². The number of fused-ring (bicyclic) bond motifs is 15. The molecule has 0 aliphatic heterocycles. The summed E-state index contributed by atoms with van der Waals surface area (Å²) < 4.78 is 11.9. The highest BCUT2D eigenvalue weighted by Gasteiger charge is 2.22. The van der Waals surface area contributed by atoms with Gasteiger partial charge in [-0.2, -0.15) is 0 Å². The first-order valence-corrected chi connectivity index (χ1v) is 44.9. The van der Waals surface area contributed by atoms with Crippen LogP contribution in [0.4, 0.5) is 0 Å². The summed E-state index contributed by atoms with van der Waals surface area (Å²) in [5, 5.41) is 13.0. The summed E-state index contributed by atoms with van der Waals surface area (Å²) >= 11 is 0. The van der Waals surface area contributed by atoms with Gasteiger partial charge in [-0.25, -0.2) is 0 Å². The Balaban J connectivity index is 0.0000000983. The van der Waals surface area contributed by atoms with Gasteiger partial charge in [0, 0.05) is 87.9 Å². The third kappa shape index (κ3) is 15.5. The van der Waals surface area contributed by atoms with Gasteiger partial charge >= 0.3 is 0 Å². The van der Waals surface area contributed by atoms with Gasteiger partial charge in [-0.1, -0.05) is 357 Å². The van der Waals surface area contributed by atoms with Crippen LogP contribution in [0, 0.1) is 34.6 Å². The molecule has 0 spiro atoms. The van der Waals surface area contributed by atoms with Crippen molar-refractivity contribution in [2.45, 2.75) is 34.6 Å². The second-order valence-electron chi connectivity index (χ2n) is 33.8. The number of benzene rings is 20. The molecule has 0 aliphatic carbocycles. The van der Waals surface area contributed by atoms with Gasteiger partial charge < -0.3 is 22.8 Å². The molecule has 620 valence electrons. The van der Waals surface area contributed by atoms with Crippen LogP contribution in [-0.2, 0) is 0 Å². The van der Waals surface area contributed by atoms with E-state index in [1.165, 1.54) is 221 Å². The number of nitrogens with zero attached hydrogens (tertiary/aromatic N) is 5. The molecular weight excluding hydrogens is 1570 g/mol. The molecular formula is C125H95N5. The van der Waals surface area contributed by atoms with Crippen molar-refractivity contribution in [3.05, 3.63) is 513 Å². The standard InChI is InChI=1S/5C25H19N/c1-18-9-8-14-24-25(18)22-17-20(19-10-4-2-5-11-19)15-16-23(22)26(24)21-12-6-3-7-13-21;1-18-9-8-14-22-23-17-20(19-10-4-2-5-11-19)15-16-24(23)26(25(18)22)21-12-6-3-7-13-21;1-18-12-14-24-22(16-18)23-17-20(19-8-4-2-5-9-19)13-15-25(23)26(24)21-10-6-3-7-11-21;1-18-12-14-22-23-17-20(19-8-4-2-5-9-19)13-15-24(23)26(25(22)16-18)21-10-6-3-7-11-21;1-18-14-16-19(17-15-18)21-11-7-12-23-22-10-5-6-13-24(22)26(25(21)23)20-8-3-2-4-9-20/h5*2-17H,1H3. The molecule has 0 unspecified atom stereocenters. The molecule has 5 heterocycles. The van der Waals surface area contributed by atoms with Crippen LogP contribution in [0.3, 0.4) is 0 Å². The predicted molar refractivity (Wildman–Crippen MR) is 555 cm³/mol. The molecule has 0 fully saturated rings. The minimum atomic E-state index is 1.19. The van der Waals surface area contributed by atoms with Gasteiger partial charge in [-0.05, 0) is 241 Å². The van der Waals surface area contributed by atoms with Crippen LogP contribution in [0.1, 0.15) is 27.8 Å². The van der Waals surface area contributed by atoms with Gasteiger partial charge in [0.25, 0.3) is 0 Å². The fourth-order valence-corrected chi connectivity index (χ4v) is 19.2. The lowest BCUT2D eigenvalue weighted by Gasteiger charge is -2.11. The van der Waals surface area contributed by atoms with Crippen molar-refractivity contribution in [1.82, 2.24) is 22.8 Å². The number of hydrogen-bond acceptors (Lipinski definition) is 0. The first-order chi connectivity index (χ1) is 64.1. The van der Waals surface area contributed by atoms with Crippen LogP contribution in [0.5, 0.6) is 0 Å². The van der Waals surface area contributed by atoms with Gasteiger partial charge in [0.05, 0.1) is 55.2 Å². The third-order valence-electron chi connectivity index (χ3n) is 25.4. The van der Waals surface area contributed by atoms with Crippen LogP contribution in [-0.4, -0.2) is 22.8 Å². The monoisotopic (exact) mass is 1670 g/mol. The summed E-state index contributed by atoms with van der Waals surface area (Å²) in [6.07, 6.45) is 0. The fourth-order valence-electron chi connectivity index (χ4n) is 19.2. The molecule has 25 aromatic rings. The molecule has 5 nitrogen and oxygen atoms in total. The summed E-state index contributed by atoms with van der Waals surface area (Å²) in [5.41, 5.74) is 37.6. The van der Waals surface area contributed by atoms with Crippen LogP contribution in [0.15, 0.2) is 485 Å². The average molecular weight is 1670 g/mol. The first kappa shape index (κ1) is 80.5. The topological polar surface area (TPSA) is 24.6 Å². The smallest absolute Gasteiger partial charge is 0.0619 e. The Morgan fingerprint density at radius 2 is 0.423 bits per heavy atom. The lowest BCUT2D eigenvalue weighted by Crippen LogP contribution is -1.95. The molecule has 20 aromatic carbocycles. The molecule has 25 rings (SSSR count).